The van der Waals surface area contributed by atoms with Crippen LogP contribution in [0.25, 0.3) is 0 Å². The highest BCUT2D eigenvalue weighted by Gasteiger charge is 2.19. The van der Waals surface area contributed by atoms with Gasteiger partial charge in [0.25, 0.3) is 0 Å². The van der Waals surface area contributed by atoms with Gasteiger partial charge in [-0.2, -0.15) is 0 Å². The van der Waals surface area contributed by atoms with E-state index in [9.17, 15) is 4.39 Å². The highest BCUT2D eigenvalue weighted by molar-refractivity contribution is 5.43. The monoisotopic (exact) mass is 223 g/mol. The molecule has 0 amide bonds. The van der Waals surface area contributed by atoms with Crippen LogP contribution < -0.4 is 10.5 Å². The molecule has 1 aromatic carbocycles. The van der Waals surface area contributed by atoms with Crippen molar-refractivity contribution in [1.29, 1.82) is 0 Å². The number of ether oxygens (including phenoxy) is 1. The Bertz CT molecular complexity index is 354. The van der Waals surface area contributed by atoms with E-state index in [0.717, 1.165) is 25.0 Å². The van der Waals surface area contributed by atoms with E-state index in [1.807, 2.05) is 12.1 Å². The average molecular weight is 223 g/mol. The largest absolute Gasteiger partial charge is 0.493 e. The first-order valence-electron chi connectivity index (χ1n) is 5.89. The van der Waals surface area contributed by atoms with Gasteiger partial charge in [0, 0.05) is 12.5 Å². The van der Waals surface area contributed by atoms with Gasteiger partial charge in [0.2, 0.25) is 0 Å². The molecule has 0 heterocycles. The molecular formula is C13H18FNO. The van der Waals surface area contributed by atoms with Crippen molar-refractivity contribution in [1.82, 2.24) is 0 Å². The van der Waals surface area contributed by atoms with Crippen LogP contribution in [-0.2, 0) is 6.42 Å². The summed E-state index contributed by atoms with van der Waals surface area (Å²) >= 11 is 0. The van der Waals surface area contributed by atoms with Crippen LogP contribution in [0.4, 0.5) is 4.39 Å². The van der Waals surface area contributed by atoms with Gasteiger partial charge in [0.15, 0.2) is 0 Å². The van der Waals surface area contributed by atoms with E-state index in [4.69, 9.17) is 10.5 Å². The predicted molar refractivity (Wildman–Crippen MR) is 62.4 cm³/mol. The van der Waals surface area contributed by atoms with Crippen molar-refractivity contribution in [2.24, 2.45) is 5.73 Å². The molecule has 2 rings (SSSR count). The van der Waals surface area contributed by atoms with E-state index in [1.54, 1.807) is 0 Å². The summed E-state index contributed by atoms with van der Waals surface area (Å²) in [6.45, 7) is 0.122. The van der Waals surface area contributed by atoms with Crippen molar-refractivity contribution in [3.8, 4) is 5.75 Å². The van der Waals surface area contributed by atoms with Gasteiger partial charge in [-0.25, -0.2) is 0 Å². The second-order valence-corrected chi connectivity index (χ2v) is 4.21. The predicted octanol–water partition coefficient (Wildman–Crippen LogP) is 2.76. The van der Waals surface area contributed by atoms with E-state index in [2.05, 4.69) is 6.07 Å². The molecule has 0 aromatic heterocycles. The van der Waals surface area contributed by atoms with E-state index >= 15 is 0 Å². The molecule has 1 aliphatic carbocycles. The number of nitrogens with two attached hydrogens (primary N) is 1. The molecule has 0 bridgehead atoms. The van der Waals surface area contributed by atoms with Crippen LogP contribution in [-0.4, -0.2) is 13.3 Å². The minimum atomic E-state index is -0.325. The van der Waals surface area contributed by atoms with Gasteiger partial charge in [0.1, 0.15) is 5.75 Å². The van der Waals surface area contributed by atoms with Crippen LogP contribution in [0.1, 0.15) is 36.4 Å². The van der Waals surface area contributed by atoms with Crippen molar-refractivity contribution in [2.45, 2.75) is 31.7 Å². The van der Waals surface area contributed by atoms with Gasteiger partial charge in [-0.1, -0.05) is 12.1 Å². The van der Waals surface area contributed by atoms with Crippen LogP contribution in [0.5, 0.6) is 5.75 Å². The molecule has 3 heteroatoms. The Kier molecular flexibility index (Phi) is 3.78. The van der Waals surface area contributed by atoms with Crippen LogP contribution in [0, 0.1) is 0 Å². The lowest BCUT2D eigenvalue weighted by atomic mass is 9.87. The van der Waals surface area contributed by atoms with E-state index in [0.29, 0.717) is 13.0 Å². The Balaban J connectivity index is 2.15. The molecule has 2 N–H and O–H groups in total. The molecule has 1 aliphatic rings. The standard InChI is InChI=1S/C13H18FNO/c14-8-3-9-16-13-7-2-4-10-11(13)5-1-6-12(10)15/h2,4,7,12H,1,3,5-6,8-9,15H2. The minimum Gasteiger partial charge on any atom is -0.493 e. The van der Waals surface area contributed by atoms with Gasteiger partial charge >= 0.3 is 0 Å². The second kappa shape index (κ2) is 5.30. The van der Waals surface area contributed by atoms with Crippen molar-refractivity contribution in [2.75, 3.05) is 13.3 Å². The summed E-state index contributed by atoms with van der Waals surface area (Å²) in [7, 11) is 0. The Morgan fingerprint density at radius 1 is 1.44 bits per heavy atom. The smallest absolute Gasteiger partial charge is 0.122 e. The van der Waals surface area contributed by atoms with Crippen molar-refractivity contribution in [3.05, 3.63) is 29.3 Å². The first-order chi connectivity index (χ1) is 7.83. The highest BCUT2D eigenvalue weighted by atomic mass is 19.1. The molecule has 1 atom stereocenters. The van der Waals surface area contributed by atoms with Crippen LogP contribution in [0.2, 0.25) is 0 Å². The number of rotatable bonds is 4. The third kappa shape index (κ3) is 2.35. The maximum atomic E-state index is 12.0. The van der Waals surface area contributed by atoms with E-state index in [-0.39, 0.29) is 12.7 Å². The van der Waals surface area contributed by atoms with Crippen LogP contribution in [0.15, 0.2) is 18.2 Å². The van der Waals surface area contributed by atoms with E-state index < -0.39 is 0 Å². The number of benzene rings is 1. The lowest BCUT2D eigenvalue weighted by Crippen LogP contribution is -2.18. The second-order valence-electron chi connectivity index (χ2n) is 4.21. The molecule has 0 spiro atoms. The third-order valence-corrected chi connectivity index (χ3v) is 3.05. The minimum absolute atomic E-state index is 0.133. The van der Waals surface area contributed by atoms with Gasteiger partial charge < -0.3 is 10.5 Å². The molecule has 1 unspecified atom stereocenters. The number of hydrogen-bond acceptors (Lipinski definition) is 2. The molecule has 16 heavy (non-hydrogen) atoms. The zero-order valence-corrected chi connectivity index (χ0v) is 9.42. The number of halogens is 1. The topological polar surface area (TPSA) is 35.2 Å². The first-order valence-corrected chi connectivity index (χ1v) is 5.89. The lowest BCUT2D eigenvalue weighted by molar-refractivity contribution is 0.285. The van der Waals surface area contributed by atoms with Crippen LogP contribution in [0.3, 0.4) is 0 Å². The Morgan fingerprint density at radius 3 is 3.12 bits per heavy atom. The van der Waals surface area contributed by atoms with Gasteiger partial charge in [0.05, 0.1) is 13.3 Å². The molecule has 0 fully saturated rings. The summed E-state index contributed by atoms with van der Waals surface area (Å²) in [4.78, 5) is 0. The molecule has 0 saturated carbocycles. The summed E-state index contributed by atoms with van der Waals surface area (Å²) in [6, 6.07) is 6.12. The molecule has 88 valence electrons. The molecule has 1 aromatic rings. The molecule has 0 aliphatic heterocycles. The lowest BCUT2D eigenvalue weighted by Gasteiger charge is -2.24. The number of alkyl halides is 1. The number of fused-ring (bicyclic) bond motifs is 1. The number of hydrogen-bond donors (Lipinski definition) is 1. The fraction of sp³-hybridized carbons (Fsp3) is 0.538. The summed E-state index contributed by atoms with van der Waals surface area (Å²) in [6.07, 6.45) is 3.63. The third-order valence-electron chi connectivity index (χ3n) is 3.05. The summed E-state index contributed by atoms with van der Waals surface area (Å²) in [5.74, 6) is 0.890. The van der Waals surface area contributed by atoms with Crippen molar-refractivity contribution >= 4 is 0 Å². The molecule has 0 saturated heterocycles. The fourth-order valence-electron chi connectivity index (χ4n) is 2.22. The fourth-order valence-corrected chi connectivity index (χ4v) is 2.22. The maximum Gasteiger partial charge on any atom is 0.122 e. The Labute approximate surface area is 95.6 Å². The normalized spacial score (nSPS) is 19.2. The molecule has 2 nitrogen and oxygen atoms in total. The Hall–Kier alpha value is -1.09. The molecule has 0 radical (unpaired) electrons. The Morgan fingerprint density at radius 2 is 2.31 bits per heavy atom. The highest BCUT2D eigenvalue weighted by Crippen LogP contribution is 2.33. The summed E-state index contributed by atoms with van der Waals surface area (Å²) in [5, 5.41) is 0. The summed E-state index contributed by atoms with van der Waals surface area (Å²) < 4.78 is 17.6. The SMILES string of the molecule is NC1CCCc2c(OCCCF)cccc21. The van der Waals surface area contributed by atoms with Crippen molar-refractivity contribution in [3.63, 3.8) is 0 Å². The quantitative estimate of drug-likeness (QED) is 0.796. The van der Waals surface area contributed by atoms with Gasteiger partial charge in [-0.15, -0.1) is 0 Å². The summed E-state index contributed by atoms with van der Waals surface area (Å²) in [5.41, 5.74) is 8.47. The van der Waals surface area contributed by atoms with Gasteiger partial charge in [-0.3, -0.25) is 4.39 Å². The van der Waals surface area contributed by atoms with Gasteiger partial charge in [-0.05, 0) is 36.5 Å². The van der Waals surface area contributed by atoms with E-state index in [1.165, 1.54) is 11.1 Å². The zero-order chi connectivity index (χ0) is 11.4. The average Bonchev–Trinajstić information content (AvgIpc) is 2.31. The first kappa shape index (κ1) is 11.4. The zero-order valence-electron chi connectivity index (χ0n) is 9.42. The van der Waals surface area contributed by atoms with Crippen molar-refractivity contribution < 1.29 is 9.13 Å². The van der Waals surface area contributed by atoms with Crippen LogP contribution >= 0.6 is 0 Å². The molecular weight excluding hydrogens is 205 g/mol. The maximum absolute atomic E-state index is 12.0.